The lowest BCUT2D eigenvalue weighted by atomic mass is 9.94. The van der Waals surface area contributed by atoms with Gasteiger partial charge in [-0.25, -0.2) is 18.4 Å². The molecule has 1 aliphatic carbocycles. The smallest absolute Gasteiger partial charge is 0.280 e. The minimum Gasteiger partial charge on any atom is -0.477 e. The van der Waals surface area contributed by atoms with Gasteiger partial charge in [0.15, 0.2) is 14.8 Å². The predicted molar refractivity (Wildman–Crippen MR) is 144 cm³/mol. The number of carbonyl (C=O) groups is 1. The molecule has 1 N–H and O–H groups in total. The van der Waals surface area contributed by atoms with E-state index in [9.17, 15) is 13.2 Å². The maximum absolute atomic E-state index is 13.4. The quantitative estimate of drug-likeness (QED) is 0.398. The number of sulfone groups is 1. The van der Waals surface area contributed by atoms with Gasteiger partial charge in [0, 0.05) is 18.4 Å². The molecule has 0 unspecified atom stereocenters. The van der Waals surface area contributed by atoms with Gasteiger partial charge >= 0.3 is 0 Å². The summed E-state index contributed by atoms with van der Waals surface area (Å²) in [4.78, 5) is 34.1. The third kappa shape index (κ3) is 6.02. The van der Waals surface area contributed by atoms with E-state index < -0.39 is 15.9 Å². The molecular weight excluding hydrogens is 524 g/mol. The number of hydrogen-bond donors (Lipinski definition) is 1. The Balaban J connectivity index is 1.39. The average Bonchev–Trinajstić information content (AvgIpc) is 3.67. The molecule has 5 rings (SSSR count). The molecule has 0 bridgehead atoms. The largest absolute Gasteiger partial charge is 0.477 e. The van der Waals surface area contributed by atoms with Crippen LogP contribution >= 0.6 is 11.3 Å². The van der Waals surface area contributed by atoms with Crippen LogP contribution in [0.4, 0.5) is 0 Å². The molecule has 202 valence electrons. The van der Waals surface area contributed by atoms with E-state index in [0.717, 1.165) is 25.8 Å². The molecule has 38 heavy (non-hydrogen) atoms. The highest BCUT2D eigenvalue weighted by Gasteiger charge is 2.37. The highest BCUT2D eigenvalue weighted by molar-refractivity contribution is 7.92. The van der Waals surface area contributed by atoms with Crippen molar-refractivity contribution < 1.29 is 17.9 Å². The number of ether oxygens (including phenoxy) is 1. The molecule has 3 aromatic heterocycles. The molecule has 1 saturated heterocycles. The Morgan fingerprint density at radius 1 is 1.21 bits per heavy atom. The zero-order valence-electron chi connectivity index (χ0n) is 21.5. The molecule has 10 nitrogen and oxygen atoms in total. The summed E-state index contributed by atoms with van der Waals surface area (Å²) in [7, 11) is -1.29. The molecule has 12 heteroatoms. The second kappa shape index (κ2) is 11.4. The number of hydrogen-bond acceptors (Lipinski definition) is 10. The van der Waals surface area contributed by atoms with Crippen LogP contribution in [0.5, 0.6) is 5.88 Å². The van der Waals surface area contributed by atoms with Crippen molar-refractivity contribution in [3.05, 3.63) is 47.6 Å². The maximum atomic E-state index is 13.4. The Morgan fingerprint density at radius 3 is 2.82 bits per heavy atom. The van der Waals surface area contributed by atoms with E-state index in [0.29, 0.717) is 48.0 Å². The molecule has 2 aliphatic rings. The highest BCUT2D eigenvalue weighted by Crippen LogP contribution is 2.35. The molecule has 0 spiro atoms. The lowest BCUT2D eigenvalue weighted by Crippen LogP contribution is -2.40. The molecule has 4 heterocycles. The van der Waals surface area contributed by atoms with Gasteiger partial charge in [0.1, 0.15) is 5.69 Å². The first-order valence-electron chi connectivity index (χ1n) is 13.0. The summed E-state index contributed by atoms with van der Waals surface area (Å²) in [6, 6.07) is 2.97. The van der Waals surface area contributed by atoms with Crippen molar-refractivity contribution in [2.24, 2.45) is 0 Å². The third-order valence-corrected chi connectivity index (χ3v) is 10.3. The number of nitrogens with one attached hydrogen (secondary N) is 1. The van der Waals surface area contributed by atoms with Gasteiger partial charge < -0.3 is 15.0 Å². The van der Waals surface area contributed by atoms with E-state index >= 15 is 0 Å². The summed E-state index contributed by atoms with van der Waals surface area (Å²) in [5.74, 6) is 0.0732. The lowest BCUT2D eigenvalue weighted by Gasteiger charge is -2.35. The molecule has 1 saturated carbocycles. The standard InChI is InChI=1S/C26H32N6O4S2/c1-3-36-24-16-27-14-22(30-24)23-15-29-26(37-23)25(33)31-21(12-17-6-4-5-11-32(17)2)20-13-19(9-10-28-20)38(34,35)18-7-8-18/h9-10,13-18,21H,3-8,11-12H2,1-2H3,(H,31,33)/t17-,21-/m0/s1. The summed E-state index contributed by atoms with van der Waals surface area (Å²) in [5, 5.41) is 3.07. The number of piperidine rings is 1. The normalized spacial score (nSPS) is 19.2. The van der Waals surface area contributed by atoms with Crippen molar-refractivity contribution in [1.29, 1.82) is 0 Å². The van der Waals surface area contributed by atoms with Crippen molar-refractivity contribution >= 4 is 27.1 Å². The van der Waals surface area contributed by atoms with E-state index in [-0.39, 0.29) is 27.1 Å². The van der Waals surface area contributed by atoms with Gasteiger partial charge in [-0.05, 0) is 64.8 Å². The van der Waals surface area contributed by atoms with Gasteiger partial charge in [0.05, 0.1) is 45.8 Å². The number of thiazole rings is 1. The van der Waals surface area contributed by atoms with Crippen molar-refractivity contribution in [2.75, 3.05) is 20.2 Å². The van der Waals surface area contributed by atoms with Gasteiger partial charge in [0.25, 0.3) is 5.91 Å². The molecular formula is C26H32N6O4S2. The number of amides is 1. The SMILES string of the molecule is CCOc1cncc(-c2cnc(C(=O)N[C@@H](C[C@@H]3CCCCN3C)c3cc(S(=O)(=O)C4CC4)ccn3)s2)n1. The van der Waals surface area contributed by atoms with Crippen LogP contribution in [0.2, 0.25) is 0 Å². The summed E-state index contributed by atoms with van der Waals surface area (Å²) >= 11 is 1.22. The topological polar surface area (TPSA) is 127 Å². The Labute approximate surface area is 226 Å². The number of likely N-dealkylation sites (tertiary alicyclic amines) is 1. The number of nitrogens with zero attached hydrogens (tertiary/aromatic N) is 5. The van der Waals surface area contributed by atoms with E-state index in [4.69, 9.17) is 4.74 Å². The first-order chi connectivity index (χ1) is 18.3. The highest BCUT2D eigenvalue weighted by atomic mass is 32.2. The Hall–Kier alpha value is -2.96. The van der Waals surface area contributed by atoms with Crippen LogP contribution < -0.4 is 10.1 Å². The van der Waals surface area contributed by atoms with Crippen LogP contribution in [0, 0.1) is 0 Å². The second-order valence-electron chi connectivity index (χ2n) is 9.76. The zero-order valence-corrected chi connectivity index (χ0v) is 23.2. The van der Waals surface area contributed by atoms with E-state index in [1.54, 1.807) is 30.7 Å². The van der Waals surface area contributed by atoms with Crippen LogP contribution in [0.25, 0.3) is 10.6 Å². The second-order valence-corrected chi connectivity index (χ2v) is 13.0. The Kier molecular flexibility index (Phi) is 8.01. The van der Waals surface area contributed by atoms with Gasteiger partial charge in [-0.15, -0.1) is 11.3 Å². The van der Waals surface area contributed by atoms with Crippen molar-refractivity contribution in [3.8, 4) is 16.5 Å². The monoisotopic (exact) mass is 556 g/mol. The minimum atomic E-state index is -3.38. The molecule has 1 aliphatic heterocycles. The maximum Gasteiger partial charge on any atom is 0.280 e. The minimum absolute atomic E-state index is 0.253. The molecule has 0 aromatic carbocycles. The number of aromatic nitrogens is 4. The van der Waals surface area contributed by atoms with Crippen LogP contribution in [0.3, 0.4) is 0 Å². The molecule has 2 atom stereocenters. The van der Waals surface area contributed by atoms with Crippen LogP contribution in [0.1, 0.15) is 67.0 Å². The van der Waals surface area contributed by atoms with Crippen LogP contribution in [-0.4, -0.2) is 70.7 Å². The fourth-order valence-corrected chi connectivity index (χ4v) is 7.19. The zero-order chi connectivity index (χ0) is 26.7. The van der Waals surface area contributed by atoms with Crippen molar-refractivity contribution in [2.45, 2.75) is 67.7 Å². The molecule has 2 fully saturated rings. The number of carbonyl (C=O) groups excluding carboxylic acids is 1. The van der Waals surface area contributed by atoms with Gasteiger partial charge in [-0.2, -0.15) is 0 Å². The summed E-state index contributed by atoms with van der Waals surface area (Å²) in [6.07, 6.45) is 11.6. The Morgan fingerprint density at radius 2 is 2.05 bits per heavy atom. The van der Waals surface area contributed by atoms with Gasteiger partial charge in [0.2, 0.25) is 5.88 Å². The molecule has 3 aromatic rings. The van der Waals surface area contributed by atoms with E-state index in [1.807, 2.05) is 6.92 Å². The number of rotatable bonds is 10. The first kappa shape index (κ1) is 26.6. The first-order valence-corrected chi connectivity index (χ1v) is 15.3. The van der Waals surface area contributed by atoms with E-state index in [2.05, 4.69) is 37.2 Å². The summed E-state index contributed by atoms with van der Waals surface area (Å²) < 4.78 is 31.2. The van der Waals surface area contributed by atoms with Crippen LogP contribution in [0.15, 0.2) is 41.8 Å². The van der Waals surface area contributed by atoms with Crippen molar-refractivity contribution in [1.82, 2.24) is 30.2 Å². The summed E-state index contributed by atoms with van der Waals surface area (Å²) in [5.41, 5.74) is 1.12. The Bertz CT molecular complexity index is 1390. The van der Waals surface area contributed by atoms with Gasteiger partial charge in [-0.1, -0.05) is 6.42 Å². The lowest BCUT2D eigenvalue weighted by molar-refractivity contribution is 0.0915. The summed E-state index contributed by atoms with van der Waals surface area (Å²) in [6.45, 7) is 3.34. The number of pyridine rings is 1. The molecule has 0 radical (unpaired) electrons. The van der Waals surface area contributed by atoms with Gasteiger partial charge in [-0.3, -0.25) is 14.8 Å². The average molecular weight is 557 g/mol. The van der Waals surface area contributed by atoms with E-state index in [1.165, 1.54) is 17.5 Å². The fourth-order valence-electron chi connectivity index (χ4n) is 4.74. The van der Waals surface area contributed by atoms with Crippen molar-refractivity contribution in [3.63, 3.8) is 0 Å². The predicted octanol–water partition coefficient (Wildman–Crippen LogP) is 3.68. The molecule has 1 amide bonds. The van der Waals surface area contributed by atoms with Crippen LogP contribution in [-0.2, 0) is 9.84 Å². The fraction of sp³-hybridized carbons (Fsp3) is 0.500. The third-order valence-electron chi connectivity index (χ3n) is 6.99.